The molecule has 0 aliphatic rings. The number of rotatable bonds is 1. The molecule has 0 radical (unpaired) electrons. The molecular formula is C7H11BNNaO3. The molecule has 0 aliphatic carbocycles. The summed E-state index contributed by atoms with van der Waals surface area (Å²) in [6.45, 7) is 0.620. The zero-order valence-corrected chi connectivity index (χ0v) is 9.51. The zero-order chi connectivity index (χ0) is 9.40. The van der Waals surface area contributed by atoms with Crippen molar-refractivity contribution in [1.82, 2.24) is 0 Å². The molecule has 5 N–H and O–H groups in total. The quantitative estimate of drug-likeness (QED) is 0.268. The molecule has 1 aromatic carbocycles. The van der Waals surface area contributed by atoms with Gasteiger partial charge in [-0.15, -0.1) is 5.56 Å². The second-order valence-electron chi connectivity index (χ2n) is 1.96. The maximum atomic E-state index is 7.17. The largest absolute Gasteiger partial charge is 1.00 e. The first kappa shape index (κ1) is 15.6. The first-order valence-electron chi connectivity index (χ1n) is 3.36. The SMILES string of the molecule is NCc1cc[c-]cc1.OB(O)O.[Na+]. The molecule has 66 valence electrons. The van der Waals surface area contributed by atoms with Crippen LogP contribution in [0.4, 0.5) is 0 Å². The van der Waals surface area contributed by atoms with Gasteiger partial charge in [0.1, 0.15) is 0 Å². The fourth-order valence-corrected chi connectivity index (χ4v) is 0.557. The average molecular weight is 191 g/mol. The van der Waals surface area contributed by atoms with Crippen LogP contribution >= 0.6 is 0 Å². The summed E-state index contributed by atoms with van der Waals surface area (Å²) in [5, 5.41) is 21.5. The van der Waals surface area contributed by atoms with E-state index in [0.717, 1.165) is 5.56 Å². The molecule has 0 amide bonds. The third kappa shape index (κ3) is 12.1. The number of benzene rings is 1. The van der Waals surface area contributed by atoms with E-state index in [0.29, 0.717) is 6.54 Å². The minimum atomic E-state index is -2.17. The van der Waals surface area contributed by atoms with E-state index in [1.807, 2.05) is 24.3 Å². The molecule has 0 unspecified atom stereocenters. The molecule has 13 heavy (non-hydrogen) atoms. The van der Waals surface area contributed by atoms with Crippen LogP contribution in [-0.4, -0.2) is 22.4 Å². The van der Waals surface area contributed by atoms with Crippen LogP contribution in [0.15, 0.2) is 24.3 Å². The van der Waals surface area contributed by atoms with Crippen molar-refractivity contribution < 1.29 is 44.6 Å². The molecule has 1 rings (SSSR count). The van der Waals surface area contributed by atoms with Gasteiger partial charge >= 0.3 is 36.9 Å². The van der Waals surface area contributed by atoms with Crippen LogP contribution in [0.3, 0.4) is 0 Å². The van der Waals surface area contributed by atoms with Crippen molar-refractivity contribution in [2.24, 2.45) is 5.73 Å². The van der Waals surface area contributed by atoms with Gasteiger partial charge in [-0.2, -0.15) is 30.3 Å². The Bertz CT molecular complexity index is 195. The summed E-state index contributed by atoms with van der Waals surface area (Å²) in [4.78, 5) is 0. The minimum absolute atomic E-state index is 0. The molecule has 0 aliphatic heterocycles. The smallest absolute Gasteiger partial charge is 0.402 e. The maximum Gasteiger partial charge on any atom is 1.00 e. The normalized spacial score (nSPS) is 7.69. The third-order valence-electron chi connectivity index (χ3n) is 1.02. The van der Waals surface area contributed by atoms with Gasteiger partial charge in [-0.25, -0.2) is 0 Å². The van der Waals surface area contributed by atoms with Crippen molar-refractivity contribution in [2.75, 3.05) is 0 Å². The van der Waals surface area contributed by atoms with Gasteiger partial charge in [0.2, 0.25) is 0 Å². The molecule has 0 spiro atoms. The van der Waals surface area contributed by atoms with Gasteiger partial charge in [0.25, 0.3) is 0 Å². The van der Waals surface area contributed by atoms with E-state index in [1.165, 1.54) is 0 Å². The molecule has 0 aromatic heterocycles. The van der Waals surface area contributed by atoms with Crippen LogP contribution in [0.5, 0.6) is 0 Å². The van der Waals surface area contributed by atoms with Crippen LogP contribution in [0.2, 0.25) is 0 Å². The fourth-order valence-electron chi connectivity index (χ4n) is 0.557. The van der Waals surface area contributed by atoms with E-state index in [1.54, 1.807) is 0 Å². The molecule has 0 heterocycles. The predicted octanol–water partition coefficient (Wildman–Crippen LogP) is -4.10. The second kappa shape index (κ2) is 10.2. The zero-order valence-electron chi connectivity index (χ0n) is 7.51. The first-order chi connectivity index (χ1) is 5.66. The van der Waals surface area contributed by atoms with Crippen LogP contribution in [0.25, 0.3) is 0 Å². The molecule has 1 aromatic rings. The van der Waals surface area contributed by atoms with Gasteiger partial charge in [0.05, 0.1) is 0 Å². The van der Waals surface area contributed by atoms with Crippen LogP contribution in [0, 0.1) is 6.07 Å². The summed E-state index contributed by atoms with van der Waals surface area (Å²) < 4.78 is 0. The third-order valence-corrected chi connectivity index (χ3v) is 1.02. The molecule has 4 nitrogen and oxygen atoms in total. The summed E-state index contributed by atoms with van der Waals surface area (Å²) in [5.74, 6) is 0. The van der Waals surface area contributed by atoms with Gasteiger partial charge in [0, 0.05) is 0 Å². The maximum absolute atomic E-state index is 7.17. The van der Waals surface area contributed by atoms with E-state index in [2.05, 4.69) is 6.07 Å². The van der Waals surface area contributed by atoms with Gasteiger partial charge in [0.15, 0.2) is 0 Å². The average Bonchev–Trinajstić information content (AvgIpc) is 2.05. The van der Waals surface area contributed by atoms with E-state index in [4.69, 9.17) is 20.8 Å². The Kier molecular flexibility index (Phi) is 12.2. The molecule has 0 bridgehead atoms. The van der Waals surface area contributed by atoms with Gasteiger partial charge in [-0.05, 0) is 6.54 Å². The number of hydrogen-bond donors (Lipinski definition) is 4. The molecule has 0 atom stereocenters. The van der Waals surface area contributed by atoms with Crippen molar-refractivity contribution in [1.29, 1.82) is 0 Å². The Morgan fingerprint density at radius 1 is 1.23 bits per heavy atom. The summed E-state index contributed by atoms with van der Waals surface area (Å²) >= 11 is 0. The minimum Gasteiger partial charge on any atom is -0.402 e. The number of nitrogens with two attached hydrogens (primary N) is 1. The van der Waals surface area contributed by atoms with E-state index in [9.17, 15) is 0 Å². The van der Waals surface area contributed by atoms with E-state index >= 15 is 0 Å². The van der Waals surface area contributed by atoms with Crippen molar-refractivity contribution in [3.8, 4) is 0 Å². The van der Waals surface area contributed by atoms with Gasteiger partial charge < -0.3 is 20.8 Å². The van der Waals surface area contributed by atoms with Crippen molar-refractivity contribution in [2.45, 2.75) is 6.54 Å². The summed E-state index contributed by atoms with van der Waals surface area (Å²) in [6.07, 6.45) is 0. The van der Waals surface area contributed by atoms with Crippen LogP contribution < -0.4 is 35.3 Å². The Labute approximate surface area is 99.9 Å². The molecule has 0 fully saturated rings. The molecule has 0 saturated heterocycles. The fraction of sp³-hybridized carbons (Fsp3) is 0.143. The first-order valence-corrected chi connectivity index (χ1v) is 3.36. The van der Waals surface area contributed by atoms with E-state index < -0.39 is 7.32 Å². The monoisotopic (exact) mass is 191 g/mol. The standard InChI is InChI=1S/C7H8N.BH3O3.Na/c8-6-7-4-2-1-3-5-7;2-1(3)4;/h2-5H,6,8H2;2-4H;/q-1;;+1. The Morgan fingerprint density at radius 3 is 1.85 bits per heavy atom. The topological polar surface area (TPSA) is 86.7 Å². The summed E-state index contributed by atoms with van der Waals surface area (Å²) in [6, 6.07) is 10.6. The van der Waals surface area contributed by atoms with Crippen molar-refractivity contribution in [3.05, 3.63) is 35.9 Å². The Balaban J connectivity index is 0. The van der Waals surface area contributed by atoms with Crippen LogP contribution in [-0.2, 0) is 6.54 Å². The molecule has 6 heteroatoms. The van der Waals surface area contributed by atoms with Crippen molar-refractivity contribution >= 4 is 7.32 Å². The van der Waals surface area contributed by atoms with Gasteiger partial charge in [-0.3, -0.25) is 0 Å². The van der Waals surface area contributed by atoms with E-state index in [-0.39, 0.29) is 29.6 Å². The van der Waals surface area contributed by atoms with Crippen LogP contribution in [0.1, 0.15) is 5.56 Å². The van der Waals surface area contributed by atoms with Crippen molar-refractivity contribution in [3.63, 3.8) is 0 Å². The Morgan fingerprint density at radius 2 is 1.62 bits per heavy atom. The Hall–Kier alpha value is 0.125. The second-order valence-corrected chi connectivity index (χ2v) is 1.96. The summed E-state index contributed by atoms with van der Waals surface area (Å²) in [7, 11) is -2.17. The van der Waals surface area contributed by atoms with Gasteiger partial charge in [-0.1, -0.05) is 0 Å². The number of hydrogen-bond acceptors (Lipinski definition) is 4. The molecule has 0 saturated carbocycles. The predicted molar refractivity (Wildman–Crippen MR) is 45.6 cm³/mol. The summed E-state index contributed by atoms with van der Waals surface area (Å²) in [5.41, 5.74) is 6.49. The molecular weight excluding hydrogens is 180 g/mol.